The van der Waals surface area contributed by atoms with Crippen LogP contribution < -0.4 is 16.3 Å². The summed E-state index contributed by atoms with van der Waals surface area (Å²) in [6, 6.07) is 20.0. The predicted molar refractivity (Wildman–Crippen MR) is 173 cm³/mol. The highest BCUT2D eigenvalue weighted by atomic mass is 32.1. The normalized spacial score (nSPS) is 13.1. The van der Waals surface area contributed by atoms with Crippen molar-refractivity contribution in [3.63, 3.8) is 0 Å². The molecule has 8 nitrogen and oxygen atoms in total. The Bertz CT molecular complexity index is 1700. The SMILES string of the molecule is C/C=C/C=C/C=C/C=C/C(=O)N[C@@H](Cc1ccccc1)C(=O)N[C@@H](Cc1ccccc1)c1nc(-c2cc(O)cc(=O)o2)cs1. The van der Waals surface area contributed by atoms with Crippen LogP contribution in [-0.4, -0.2) is 27.9 Å². The highest BCUT2D eigenvalue weighted by molar-refractivity contribution is 7.10. The van der Waals surface area contributed by atoms with Crippen molar-refractivity contribution < 1.29 is 19.1 Å². The summed E-state index contributed by atoms with van der Waals surface area (Å²) >= 11 is 1.29. The van der Waals surface area contributed by atoms with E-state index in [1.165, 1.54) is 23.5 Å². The quantitative estimate of drug-likeness (QED) is 0.130. The number of hydrogen-bond donors (Lipinski definition) is 3. The number of amides is 2. The van der Waals surface area contributed by atoms with E-state index in [4.69, 9.17) is 4.42 Å². The summed E-state index contributed by atoms with van der Waals surface area (Å²) in [7, 11) is 0. The van der Waals surface area contributed by atoms with Gasteiger partial charge in [-0.15, -0.1) is 11.3 Å². The summed E-state index contributed by atoms with van der Waals surface area (Å²) < 4.78 is 5.23. The lowest BCUT2D eigenvalue weighted by Crippen LogP contribution is -2.48. The molecule has 2 atom stereocenters. The number of rotatable bonds is 13. The van der Waals surface area contributed by atoms with E-state index >= 15 is 0 Å². The summed E-state index contributed by atoms with van der Waals surface area (Å²) in [5.41, 5.74) is 1.53. The molecule has 4 rings (SSSR count). The van der Waals surface area contributed by atoms with E-state index in [2.05, 4.69) is 15.6 Å². The molecule has 2 heterocycles. The molecule has 2 aromatic heterocycles. The lowest BCUT2D eigenvalue weighted by Gasteiger charge is -2.22. The van der Waals surface area contributed by atoms with Crippen LogP contribution in [0.15, 0.2) is 136 Å². The van der Waals surface area contributed by atoms with Gasteiger partial charge in [0.2, 0.25) is 11.8 Å². The Labute approximate surface area is 259 Å². The van der Waals surface area contributed by atoms with Gasteiger partial charge in [-0.25, -0.2) is 9.78 Å². The van der Waals surface area contributed by atoms with Crippen molar-refractivity contribution >= 4 is 23.2 Å². The van der Waals surface area contributed by atoms with Gasteiger partial charge >= 0.3 is 5.63 Å². The first kappa shape index (κ1) is 31.7. The van der Waals surface area contributed by atoms with Crippen LogP contribution in [0.3, 0.4) is 0 Å². The molecule has 0 saturated heterocycles. The molecular formula is C35H33N3O5S. The molecule has 224 valence electrons. The highest BCUT2D eigenvalue weighted by Gasteiger charge is 2.26. The van der Waals surface area contributed by atoms with Gasteiger partial charge in [0.15, 0.2) is 5.76 Å². The van der Waals surface area contributed by atoms with E-state index in [1.54, 1.807) is 23.6 Å². The maximum absolute atomic E-state index is 13.8. The van der Waals surface area contributed by atoms with Gasteiger partial charge in [0.25, 0.3) is 0 Å². The van der Waals surface area contributed by atoms with Crippen molar-refractivity contribution in [2.24, 2.45) is 0 Å². The third-order valence-corrected chi connectivity index (χ3v) is 7.30. The molecule has 0 fully saturated rings. The molecule has 0 radical (unpaired) electrons. The minimum absolute atomic E-state index is 0.120. The topological polar surface area (TPSA) is 122 Å². The monoisotopic (exact) mass is 607 g/mol. The molecular weight excluding hydrogens is 574 g/mol. The van der Waals surface area contributed by atoms with Crippen molar-refractivity contribution in [1.82, 2.24) is 15.6 Å². The lowest BCUT2D eigenvalue weighted by atomic mass is 10.0. The molecule has 0 unspecified atom stereocenters. The number of carbonyl (C=O) groups excluding carboxylic acids is 2. The number of nitrogens with one attached hydrogen (secondary N) is 2. The molecule has 9 heteroatoms. The lowest BCUT2D eigenvalue weighted by molar-refractivity contribution is -0.127. The van der Waals surface area contributed by atoms with Gasteiger partial charge in [-0.1, -0.05) is 103 Å². The van der Waals surface area contributed by atoms with Gasteiger partial charge in [-0.3, -0.25) is 9.59 Å². The van der Waals surface area contributed by atoms with Gasteiger partial charge in [-0.05, 0) is 24.5 Å². The molecule has 0 spiro atoms. The fraction of sp³-hybridized carbons (Fsp3) is 0.143. The van der Waals surface area contributed by atoms with Crippen LogP contribution in [0.4, 0.5) is 0 Å². The first-order valence-electron chi connectivity index (χ1n) is 14.0. The smallest absolute Gasteiger partial charge is 0.339 e. The second-order valence-corrected chi connectivity index (χ2v) is 10.6. The van der Waals surface area contributed by atoms with E-state index in [-0.39, 0.29) is 23.8 Å². The number of aromatic hydroxyl groups is 1. The summed E-state index contributed by atoms with van der Waals surface area (Å²) in [5.74, 6) is -0.885. The summed E-state index contributed by atoms with van der Waals surface area (Å²) in [4.78, 5) is 43.1. The van der Waals surface area contributed by atoms with Gasteiger partial charge < -0.3 is 20.2 Å². The molecule has 0 aliphatic heterocycles. The summed E-state index contributed by atoms with van der Waals surface area (Å²) in [6.45, 7) is 1.93. The van der Waals surface area contributed by atoms with Crippen LogP contribution in [0.25, 0.3) is 11.5 Å². The average molecular weight is 608 g/mol. The third kappa shape index (κ3) is 9.92. The van der Waals surface area contributed by atoms with Crippen LogP contribution >= 0.6 is 11.3 Å². The second kappa shape index (κ2) is 16.4. The van der Waals surface area contributed by atoms with Crippen molar-refractivity contribution in [2.45, 2.75) is 31.8 Å². The van der Waals surface area contributed by atoms with E-state index in [0.29, 0.717) is 17.1 Å². The van der Waals surface area contributed by atoms with Crippen LogP contribution in [0.5, 0.6) is 5.75 Å². The number of thiazole rings is 1. The summed E-state index contributed by atoms with van der Waals surface area (Å²) in [5, 5.41) is 18.1. The Morgan fingerprint density at radius 1 is 0.886 bits per heavy atom. The van der Waals surface area contributed by atoms with Crippen LogP contribution in [0.2, 0.25) is 0 Å². The zero-order valence-corrected chi connectivity index (χ0v) is 24.9. The van der Waals surface area contributed by atoms with Crippen LogP contribution in [0.1, 0.15) is 29.1 Å². The molecule has 0 aliphatic rings. The Hall–Kier alpha value is -5.28. The van der Waals surface area contributed by atoms with Crippen LogP contribution in [-0.2, 0) is 22.4 Å². The molecule has 4 aromatic rings. The first-order valence-corrected chi connectivity index (χ1v) is 14.9. The molecule has 2 amide bonds. The number of allylic oxidation sites excluding steroid dienone is 7. The number of nitrogens with zero attached hydrogens (tertiary/aromatic N) is 1. The van der Waals surface area contributed by atoms with Gasteiger partial charge in [-0.2, -0.15) is 0 Å². The van der Waals surface area contributed by atoms with Gasteiger partial charge in [0.1, 0.15) is 22.5 Å². The second-order valence-electron chi connectivity index (χ2n) is 9.73. The molecule has 3 N–H and O–H groups in total. The largest absolute Gasteiger partial charge is 0.508 e. The van der Waals surface area contributed by atoms with Gasteiger partial charge in [0.05, 0.1) is 12.1 Å². The maximum Gasteiger partial charge on any atom is 0.339 e. The summed E-state index contributed by atoms with van der Waals surface area (Å²) in [6.07, 6.45) is 14.8. The Morgan fingerprint density at radius 2 is 1.52 bits per heavy atom. The van der Waals surface area contributed by atoms with Crippen LogP contribution in [0, 0.1) is 0 Å². The number of benzene rings is 2. The van der Waals surface area contributed by atoms with Crippen molar-refractivity contribution in [1.29, 1.82) is 0 Å². The van der Waals surface area contributed by atoms with E-state index < -0.39 is 23.6 Å². The number of hydrogen-bond acceptors (Lipinski definition) is 7. The van der Waals surface area contributed by atoms with Gasteiger partial charge in [0, 0.05) is 23.9 Å². The fourth-order valence-corrected chi connectivity index (χ4v) is 5.12. The van der Waals surface area contributed by atoms with Crippen molar-refractivity contribution in [2.75, 3.05) is 0 Å². The Kier molecular flexibility index (Phi) is 11.8. The standard InChI is InChI=1S/C35H33N3O5S/c1-2-3-4-5-6-7-14-19-32(40)36-28(20-25-15-10-8-11-16-25)34(42)37-29(21-26-17-12-9-13-18-26)35-38-30(24-44-35)31-22-27(39)23-33(41)43-31/h2-19,22-24,28-29,39H,20-21H2,1H3,(H,36,40)(H,37,42)/b3-2+,5-4+,7-6+,19-14+/t28-,29-/m0/s1. The minimum atomic E-state index is -0.866. The van der Waals surface area contributed by atoms with Crippen molar-refractivity contribution in [3.05, 3.63) is 153 Å². The molecule has 0 aliphatic carbocycles. The van der Waals surface area contributed by atoms with E-state index in [1.807, 2.05) is 91.9 Å². The predicted octanol–water partition coefficient (Wildman–Crippen LogP) is 5.84. The maximum atomic E-state index is 13.8. The zero-order valence-electron chi connectivity index (χ0n) is 24.1. The van der Waals surface area contributed by atoms with E-state index in [0.717, 1.165) is 17.2 Å². The molecule has 0 bridgehead atoms. The number of carbonyl (C=O) groups is 2. The molecule has 44 heavy (non-hydrogen) atoms. The molecule has 2 aromatic carbocycles. The first-order chi connectivity index (χ1) is 21.4. The third-order valence-electron chi connectivity index (χ3n) is 6.34. The Morgan fingerprint density at radius 3 is 2.18 bits per heavy atom. The minimum Gasteiger partial charge on any atom is -0.508 e. The van der Waals surface area contributed by atoms with E-state index in [9.17, 15) is 19.5 Å². The fourth-order valence-electron chi connectivity index (χ4n) is 4.26. The molecule has 0 saturated carbocycles. The van der Waals surface area contributed by atoms with Crippen molar-refractivity contribution in [3.8, 4) is 17.2 Å². The highest BCUT2D eigenvalue weighted by Crippen LogP contribution is 2.28. The average Bonchev–Trinajstić information content (AvgIpc) is 3.51. The Balaban J connectivity index is 1.57. The zero-order chi connectivity index (χ0) is 31.1. The number of aromatic nitrogens is 1.